The maximum atomic E-state index is 13.2. The van der Waals surface area contributed by atoms with Gasteiger partial charge in [0.25, 0.3) is 11.6 Å². The lowest BCUT2D eigenvalue weighted by Gasteiger charge is -2.22. The summed E-state index contributed by atoms with van der Waals surface area (Å²) in [4.78, 5) is 21.8. The first-order valence-electron chi connectivity index (χ1n) is 5.81. The van der Waals surface area contributed by atoms with Gasteiger partial charge in [-0.3, -0.25) is 14.9 Å². The number of rotatable bonds is 6. The molecule has 0 saturated carbocycles. The van der Waals surface area contributed by atoms with Gasteiger partial charge in [0.05, 0.1) is 17.0 Å². The van der Waals surface area contributed by atoms with Crippen LogP contribution in [-0.2, 0) is 9.47 Å². The Balaban J connectivity index is 3.07. The third kappa shape index (κ3) is 3.92. The molecular weight excluding hydrogens is 290 g/mol. The molecule has 0 radical (unpaired) electrons. The SMILES string of the molecule is COC(OC)C(C)NC(=O)c1cc(F)c(F)cc1[N+](=O)[O-]. The van der Waals surface area contributed by atoms with E-state index in [4.69, 9.17) is 9.47 Å². The summed E-state index contributed by atoms with van der Waals surface area (Å²) in [5.74, 6) is -3.70. The summed E-state index contributed by atoms with van der Waals surface area (Å²) in [6.45, 7) is 1.53. The van der Waals surface area contributed by atoms with Gasteiger partial charge in [-0.25, -0.2) is 8.78 Å². The molecule has 0 spiro atoms. The largest absolute Gasteiger partial charge is 0.354 e. The van der Waals surface area contributed by atoms with Gasteiger partial charge in [0.15, 0.2) is 17.9 Å². The van der Waals surface area contributed by atoms with E-state index in [1.165, 1.54) is 21.1 Å². The van der Waals surface area contributed by atoms with Crippen LogP contribution in [0.1, 0.15) is 17.3 Å². The Labute approximate surface area is 119 Å². The number of carbonyl (C=O) groups is 1. The van der Waals surface area contributed by atoms with Crippen molar-refractivity contribution in [2.75, 3.05) is 14.2 Å². The van der Waals surface area contributed by atoms with Crippen molar-refractivity contribution < 1.29 is 28.0 Å². The quantitative estimate of drug-likeness (QED) is 0.490. The molecule has 9 heteroatoms. The molecule has 7 nitrogen and oxygen atoms in total. The molecule has 1 aromatic rings. The van der Waals surface area contributed by atoms with Crippen molar-refractivity contribution in [2.45, 2.75) is 19.3 Å². The molecule has 0 aliphatic heterocycles. The Bertz CT molecular complexity index is 549. The number of halogens is 2. The highest BCUT2D eigenvalue weighted by Gasteiger charge is 2.26. The summed E-state index contributed by atoms with van der Waals surface area (Å²) < 4.78 is 36.0. The van der Waals surface area contributed by atoms with Crippen LogP contribution in [0.2, 0.25) is 0 Å². The molecule has 0 aliphatic carbocycles. The predicted molar refractivity (Wildman–Crippen MR) is 67.7 cm³/mol. The number of amides is 1. The van der Waals surface area contributed by atoms with E-state index in [1.807, 2.05) is 0 Å². The van der Waals surface area contributed by atoms with Crippen LogP contribution in [0.15, 0.2) is 12.1 Å². The van der Waals surface area contributed by atoms with Gasteiger partial charge >= 0.3 is 0 Å². The lowest BCUT2D eigenvalue weighted by atomic mass is 10.1. The van der Waals surface area contributed by atoms with Crippen LogP contribution in [0.4, 0.5) is 14.5 Å². The Hall–Kier alpha value is -2.13. The van der Waals surface area contributed by atoms with E-state index in [0.29, 0.717) is 12.1 Å². The smallest absolute Gasteiger partial charge is 0.285 e. The van der Waals surface area contributed by atoms with E-state index in [-0.39, 0.29) is 0 Å². The average molecular weight is 304 g/mol. The zero-order chi connectivity index (χ0) is 16.2. The number of nitro benzene ring substituents is 1. The van der Waals surface area contributed by atoms with Gasteiger partial charge in [0.2, 0.25) is 0 Å². The van der Waals surface area contributed by atoms with E-state index in [9.17, 15) is 23.7 Å². The number of ether oxygens (including phenoxy) is 2. The zero-order valence-electron chi connectivity index (χ0n) is 11.6. The van der Waals surface area contributed by atoms with E-state index in [1.54, 1.807) is 0 Å². The second kappa shape index (κ2) is 7.04. The summed E-state index contributed by atoms with van der Waals surface area (Å²) in [5.41, 5.74) is -1.42. The van der Waals surface area contributed by atoms with Gasteiger partial charge < -0.3 is 14.8 Å². The molecule has 116 valence electrons. The molecule has 1 aromatic carbocycles. The van der Waals surface area contributed by atoms with Crippen molar-refractivity contribution in [3.05, 3.63) is 39.4 Å². The summed E-state index contributed by atoms with van der Waals surface area (Å²) in [7, 11) is 2.69. The van der Waals surface area contributed by atoms with Gasteiger partial charge in [0, 0.05) is 14.2 Å². The van der Waals surface area contributed by atoms with E-state index < -0.39 is 46.0 Å². The first-order chi connectivity index (χ1) is 9.81. The molecule has 1 rings (SSSR count). The van der Waals surface area contributed by atoms with E-state index >= 15 is 0 Å². The van der Waals surface area contributed by atoms with E-state index in [0.717, 1.165) is 0 Å². The Morgan fingerprint density at radius 3 is 2.29 bits per heavy atom. The van der Waals surface area contributed by atoms with Gasteiger partial charge in [-0.2, -0.15) is 0 Å². The molecule has 1 N–H and O–H groups in total. The fourth-order valence-corrected chi connectivity index (χ4v) is 1.73. The third-order valence-electron chi connectivity index (χ3n) is 2.71. The summed E-state index contributed by atoms with van der Waals surface area (Å²) in [6.07, 6.45) is -0.793. The summed E-state index contributed by atoms with van der Waals surface area (Å²) >= 11 is 0. The number of nitro groups is 1. The fourth-order valence-electron chi connectivity index (χ4n) is 1.73. The molecule has 1 atom stereocenters. The maximum Gasteiger partial charge on any atom is 0.285 e. The minimum absolute atomic E-state index is 0.360. The number of benzene rings is 1. The standard InChI is InChI=1S/C12H14F2N2O5/c1-6(12(20-2)21-3)15-11(17)7-4-8(13)9(14)5-10(7)16(18)19/h4-6,12H,1-3H3,(H,15,17). The molecule has 1 unspecified atom stereocenters. The molecule has 0 bridgehead atoms. The predicted octanol–water partition coefficient (Wildman–Crippen LogP) is 1.61. The molecule has 1 amide bonds. The van der Waals surface area contributed by atoms with Crippen LogP contribution in [0.25, 0.3) is 0 Å². The normalized spacial score (nSPS) is 12.3. The lowest BCUT2D eigenvalue weighted by molar-refractivity contribution is -0.385. The first-order valence-corrected chi connectivity index (χ1v) is 5.81. The van der Waals surface area contributed by atoms with Crippen LogP contribution in [0, 0.1) is 21.7 Å². The molecule has 0 heterocycles. The van der Waals surface area contributed by atoms with Crippen LogP contribution < -0.4 is 5.32 Å². The van der Waals surface area contributed by atoms with E-state index in [2.05, 4.69) is 5.32 Å². The van der Waals surface area contributed by atoms with Crippen molar-refractivity contribution >= 4 is 11.6 Å². The van der Waals surface area contributed by atoms with Gasteiger partial charge in [-0.1, -0.05) is 0 Å². The highest BCUT2D eigenvalue weighted by atomic mass is 19.2. The number of carbonyl (C=O) groups excluding carboxylic acids is 1. The maximum absolute atomic E-state index is 13.2. The van der Waals surface area contributed by atoms with Gasteiger partial charge in [-0.15, -0.1) is 0 Å². The van der Waals surface area contributed by atoms with Crippen LogP contribution >= 0.6 is 0 Å². The molecule has 21 heavy (non-hydrogen) atoms. The average Bonchev–Trinajstić information content (AvgIpc) is 2.42. The zero-order valence-corrected chi connectivity index (χ0v) is 11.6. The molecule has 0 saturated heterocycles. The molecule has 0 aromatic heterocycles. The topological polar surface area (TPSA) is 90.7 Å². The van der Waals surface area contributed by atoms with Crippen molar-refractivity contribution in [3.63, 3.8) is 0 Å². The van der Waals surface area contributed by atoms with Crippen LogP contribution in [0.3, 0.4) is 0 Å². The lowest BCUT2D eigenvalue weighted by Crippen LogP contribution is -2.43. The number of hydrogen-bond donors (Lipinski definition) is 1. The van der Waals surface area contributed by atoms with Crippen LogP contribution in [0.5, 0.6) is 0 Å². The molecule has 0 fully saturated rings. The fraction of sp³-hybridized carbons (Fsp3) is 0.417. The second-order valence-corrected chi connectivity index (χ2v) is 4.14. The minimum Gasteiger partial charge on any atom is -0.354 e. The number of methoxy groups -OCH3 is 2. The Morgan fingerprint density at radius 2 is 1.81 bits per heavy atom. The van der Waals surface area contributed by atoms with Crippen molar-refractivity contribution in [3.8, 4) is 0 Å². The number of nitrogens with zero attached hydrogens (tertiary/aromatic N) is 1. The van der Waals surface area contributed by atoms with Crippen molar-refractivity contribution in [1.82, 2.24) is 5.32 Å². The molecular formula is C12H14F2N2O5. The van der Waals surface area contributed by atoms with Crippen molar-refractivity contribution in [2.24, 2.45) is 0 Å². The first kappa shape index (κ1) is 16.9. The minimum atomic E-state index is -1.40. The van der Waals surface area contributed by atoms with Gasteiger partial charge in [0.1, 0.15) is 5.56 Å². The second-order valence-electron chi connectivity index (χ2n) is 4.14. The summed E-state index contributed by atoms with van der Waals surface area (Å²) in [5, 5.41) is 13.2. The Morgan fingerprint density at radius 1 is 1.29 bits per heavy atom. The Kier molecular flexibility index (Phi) is 5.68. The summed E-state index contributed by atoms with van der Waals surface area (Å²) in [6, 6.07) is 0.170. The van der Waals surface area contributed by atoms with Gasteiger partial charge in [-0.05, 0) is 13.0 Å². The monoisotopic (exact) mass is 304 g/mol. The van der Waals surface area contributed by atoms with Crippen molar-refractivity contribution in [1.29, 1.82) is 0 Å². The molecule has 0 aliphatic rings. The number of hydrogen-bond acceptors (Lipinski definition) is 5. The highest BCUT2D eigenvalue weighted by Crippen LogP contribution is 2.22. The van der Waals surface area contributed by atoms with Crippen LogP contribution in [-0.4, -0.2) is 37.4 Å². The highest BCUT2D eigenvalue weighted by molar-refractivity contribution is 5.98. The third-order valence-corrected chi connectivity index (χ3v) is 2.71. The number of nitrogens with one attached hydrogen (secondary N) is 1.